The molecule has 1 aromatic heterocycles. The highest BCUT2D eigenvalue weighted by molar-refractivity contribution is 5.83. The summed E-state index contributed by atoms with van der Waals surface area (Å²) in [5, 5.41) is 10.5. The average Bonchev–Trinajstić information content (AvgIpc) is 2.59. The van der Waals surface area contributed by atoms with Gasteiger partial charge in [-0.1, -0.05) is 24.3 Å². The molecule has 0 bridgehead atoms. The number of guanidine groups is 1. The number of aliphatic imine (C=N–C) groups is 1. The summed E-state index contributed by atoms with van der Waals surface area (Å²) in [4.78, 5) is 20.7. The van der Waals surface area contributed by atoms with Crippen LogP contribution in [0.3, 0.4) is 0 Å². The highest BCUT2D eigenvalue weighted by Gasteiger charge is 2.24. The third kappa shape index (κ3) is 6.72. The standard InChI is InChI=1S/C21H31N5O2/c1-20(2,3)28-19(27)26-21(4,5)14-25-18(22-6)24-13-16-10-7-9-15-11-8-12-23-17(15)16/h7-12H,13-14H2,1-6H3,(H,26,27)(H2,22,24,25). The number of rotatable bonds is 5. The number of nitrogens with one attached hydrogen (secondary N) is 3. The second kappa shape index (κ2) is 8.91. The first-order valence-electron chi connectivity index (χ1n) is 9.38. The van der Waals surface area contributed by atoms with Crippen LogP contribution in [-0.2, 0) is 11.3 Å². The Morgan fingerprint density at radius 2 is 1.82 bits per heavy atom. The number of nitrogens with zero attached hydrogens (tertiary/aromatic N) is 2. The smallest absolute Gasteiger partial charge is 0.408 e. The molecule has 28 heavy (non-hydrogen) atoms. The maximum absolute atomic E-state index is 12.0. The first-order chi connectivity index (χ1) is 13.1. The molecule has 0 radical (unpaired) electrons. The first kappa shape index (κ1) is 21.5. The van der Waals surface area contributed by atoms with Crippen LogP contribution in [0.4, 0.5) is 4.79 Å². The van der Waals surface area contributed by atoms with Gasteiger partial charge in [0.15, 0.2) is 5.96 Å². The molecule has 7 nitrogen and oxygen atoms in total. The number of amides is 1. The zero-order valence-electron chi connectivity index (χ0n) is 17.6. The van der Waals surface area contributed by atoms with Crippen LogP contribution in [0.5, 0.6) is 0 Å². The number of para-hydroxylation sites is 1. The van der Waals surface area contributed by atoms with E-state index in [-0.39, 0.29) is 0 Å². The molecule has 0 atom stereocenters. The summed E-state index contributed by atoms with van der Waals surface area (Å²) in [6.45, 7) is 10.4. The quantitative estimate of drug-likeness (QED) is 0.543. The van der Waals surface area contributed by atoms with Crippen LogP contribution in [0.25, 0.3) is 10.9 Å². The highest BCUT2D eigenvalue weighted by Crippen LogP contribution is 2.15. The van der Waals surface area contributed by atoms with Crippen LogP contribution in [0, 0.1) is 0 Å². The fourth-order valence-corrected chi connectivity index (χ4v) is 2.64. The van der Waals surface area contributed by atoms with E-state index in [1.54, 1.807) is 13.2 Å². The summed E-state index contributed by atoms with van der Waals surface area (Å²) in [7, 11) is 1.71. The highest BCUT2D eigenvalue weighted by atomic mass is 16.6. The fraction of sp³-hybridized carbons (Fsp3) is 0.476. The summed E-state index contributed by atoms with van der Waals surface area (Å²) in [5.41, 5.74) is 1.02. The van der Waals surface area contributed by atoms with E-state index in [0.717, 1.165) is 16.5 Å². The van der Waals surface area contributed by atoms with Gasteiger partial charge >= 0.3 is 6.09 Å². The Bertz CT molecular complexity index is 835. The largest absolute Gasteiger partial charge is 0.444 e. The number of pyridine rings is 1. The van der Waals surface area contributed by atoms with Crippen LogP contribution in [0.15, 0.2) is 41.5 Å². The predicted molar refractivity (Wildman–Crippen MR) is 113 cm³/mol. The summed E-state index contributed by atoms with van der Waals surface area (Å²) >= 11 is 0. The minimum atomic E-state index is -0.530. The number of hydrogen-bond acceptors (Lipinski definition) is 4. The van der Waals surface area contributed by atoms with Gasteiger partial charge in [-0.25, -0.2) is 4.79 Å². The molecule has 0 unspecified atom stereocenters. The molecule has 1 aromatic carbocycles. The first-order valence-corrected chi connectivity index (χ1v) is 9.38. The minimum absolute atomic E-state index is 0.441. The van der Waals surface area contributed by atoms with Crippen molar-refractivity contribution in [1.82, 2.24) is 20.9 Å². The zero-order chi connectivity index (χ0) is 20.8. The van der Waals surface area contributed by atoms with Crippen molar-refractivity contribution in [3.05, 3.63) is 42.1 Å². The average molecular weight is 386 g/mol. The molecule has 2 rings (SSSR count). The van der Waals surface area contributed by atoms with E-state index >= 15 is 0 Å². The van der Waals surface area contributed by atoms with Gasteiger partial charge in [0.05, 0.1) is 11.1 Å². The maximum atomic E-state index is 12.0. The molecule has 1 amide bonds. The Morgan fingerprint density at radius 3 is 2.50 bits per heavy atom. The Labute approximate surface area is 167 Å². The number of ether oxygens (including phenoxy) is 1. The summed E-state index contributed by atoms with van der Waals surface area (Å²) < 4.78 is 5.32. The van der Waals surface area contributed by atoms with Crippen molar-refractivity contribution in [1.29, 1.82) is 0 Å². The second-order valence-corrected chi connectivity index (χ2v) is 8.28. The number of aromatic nitrogens is 1. The van der Waals surface area contributed by atoms with Gasteiger partial charge in [-0.05, 0) is 46.2 Å². The fourth-order valence-electron chi connectivity index (χ4n) is 2.64. The molecule has 1 heterocycles. The van der Waals surface area contributed by atoms with E-state index < -0.39 is 17.2 Å². The topological polar surface area (TPSA) is 87.6 Å². The van der Waals surface area contributed by atoms with Crippen LogP contribution in [0.1, 0.15) is 40.2 Å². The Balaban J connectivity index is 1.91. The van der Waals surface area contributed by atoms with E-state index in [9.17, 15) is 4.79 Å². The molecular formula is C21H31N5O2. The molecule has 7 heteroatoms. The molecule has 0 aliphatic heterocycles. The molecule has 3 N–H and O–H groups in total. The molecular weight excluding hydrogens is 354 g/mol. The van der Waals surface area contributed by atoms with Gasteiger partial charge in [0, 0.05) is 31.7 Å². The van der Waals surface area contributed by atoms with Gasteiger partial charge in [0.1, 0.15) is 5.60 Å². The molecule has 0 aliphatic carbocycles. The molecule has 0 saturated heterocycles. The molecule has 0 spiro atoms. The number of carbonyl (C=O) groups excluding carboxylic acids is 1. The normalized spacial score (nSPS) is 12.6. The van der Waals surface area contributed by atoms with Crippen molar-refractivity contribution >= 4 is 23.0 Å². The molecule has 0 saturated carbocycles. The van der Waals surface area contributed by atoms with Crippen molar-refractivity contribution in [3.8, 4) is 0 Å². The molecule has 152 valence electrons. The number of benzene rings is 1. The van der Waals surface area contributed by atoms with Crippen LogP contribution in [-0.4, -0.2) is 41.8 Å². The summed E-state index contributed by atoms with van der Waals surface area (Å²) in [6.07, 6.45) is 1.35. The van der Waals surface area contributed by atoms with E-state index in [0.29, 0.717) is 19.0 Å². The third-order valence-electron chi connectivity index (χ3n) is 3.92. The maximum Gasteiger partial charge on any atom is 0.408 e. The van der Waals surface area contributed by atoms with Crippen molar-refractivity contribution in [2.24, 2.45) is 4.99 Å². The van der Waals surface area contributed by atoms with Gasteiger partial charge in [0.2, 0.25) is 0 Å². The van der Waals surface area contributed by atoms with Gasteiger partial charge in [0.25, 0.3) is 0 Å². The van der Waals surface area contributed by atoms with Crippen molar-refractivity contribution < 1.29 is 9.53 Å². The van der Waals surface area contributed by atoms with Crippen LogP contribution in [0.2, 0.25) is 0 Å². The molecule has 0 fully saturated rings. The minimum Gasteiger partial charge on any atom is -0.444 e. The van der Waals surface area contributed by atoms with Gasteiger partial charge in [-0.15, -0.1) is 0 Å². The van der Waals surface area contributed by atoms with Crippen LogP contribution < -0.4 is 16.0 Å². The van der Waals surface area contributed by atoms with Crippen molar-refractivity contribution in [2.45, 2.75) is 52.3 Å². The summed E-state index contributed by atoms with van der Waals surface area (Å²) in [6, 6.07) is 10.1. The van der Waals surface area contributed by atoms with Crippen molar-refractivity contribution in [2.75, 3.05) is 13.6 Å². The number of carbonyl (C=O) groups is 1. The van der Waals surface area contributed by atoms with E-state index in [1.807, 2.05) is 65.0 Å². The van der Waals surface area contributed by atoms with Gasteiger partial charge < -0.3 is 20.7 Å². The second-order valence-electron chi connectivity index (χ2n) is 8.28. The van der Waals surface area contributed by atoms with E-state index in [4.69, 9.17) is 4.74 Å². The number of fused-ring (bicyclic) bond motifs is 1. The third-order valence-corrected chi connectivity index (χ3v) is 3.92. The van der Waals surface area contributed by atoms with Gasteiger partial charge in [-0.2, -0.15) is 0 Å². The monoisotopic (exact) mass is 385 g/mol. The molecule has 0 aliphatic rings. The van der Waals surface area contributed by atoms with Crippen LogP contribution >= 0.6 is 0 Å². The molecule has 2 aromatic rings. The lowest BCUT2D eigenvalue weighted by Gasteiger charge is -2.29. The number of hydrogen-bond donors (Lipinski definition) is 3. The Kier molecular flexibility index (Phi) is 6.83. The van der Waals surface area contributed by atoms with E-state index in [2.05, 4.69) is 25.9 Å². The van der Waals surface area contributed by atoms with Gasteiger partial charge in [-0.3, -0.25) is 9.98 Å². The number of alkyl carbamates (subject to hydrolysis) is 1. The summed E-state index contributed by atoms with van der Waals surface area (Å²) in [5.74, 6) is 0.645. The Hall–Kier alpha value is -2.83. The predicted octanol–water partition coefficient (Wildman–Crippen LogP) is 3.20. The lowest BCUT2D eigenvalue weighted by molar-refractivity contribution is 0.0474. The lowest BCUT2D eigenvalue weighted by atomic mass is 10.1. The Morgan fingerprint density at radius 1 is 1.11 bits per heavy atom. The van der Waals surface area contributed by atoms with Crippen molar-refractivity contribution in [3.63, 3.8) is 0 Å². The zero-order valence-corrected chi connectivity index (χ0v) is 17.6. The SMILES string of the molecule is CN=C(NCc1cccc2cccnc12)NCC(C)(C)NC(=O)OC(C)(C)C. The lowest BCUT2D eigenvalue weighted by Crippen LogP contribution is -2.54. The van der Waals surface area contributed by atoms with E-state index in [1.165, 1.54) is 0 Å².